The Morgan fingerprint density at radius 2 is 1.76 bits per heavy atom. The lowest BCUT2D eigenvalue weighted by Gasteiger charge is -2.13. The average molecular weight is 492 g/mol. The van der Waals surface area contributed by atoms with Crippen LogP contribution in [0.3, 0.4) is 0 Å². The lowest BCUT2D eigenvalue weighted by atomic mass is 10.1. The zero-order valence-electron chi connectivity index (χ0n) is 19.9. The minimum absolute atomic E-state index is 0.0262. The number of allylic oxidation sites excluding steroid dienone is 2. The van der Waals surface area contributed by atoms with Gasteiger partial charge in [0.05, 0.1) is 7.11 Å². The summed E-state index contributed by atoms with van der Waals surface area (Å²) in [5.41, 5.74) is 1.69. The van der Waals surface area contributed by atoms with Crippen LogP contribution in [0.15, 0.2) is 54.6 Å². The summed E-state index contributed by atoms with van der Waals surface area (Å²) < 4.78 is 26.7. The van der Waals surface area contributed by atoms with E-state index in [1.54, 1.807) is 25.3 Å². The lowest BCUT2D eigenvalue weighted by Crippen LogP contribution is -2.22. The summed E-state index contributed by atoms with van der Waals surface area (Å²) in [6.45, 7) is 4.93. The van der Waals surface area contributed by atoms with Crippen molar-refractivity contribution in [1.82, 2.24) is 5.32 Å². The van der Waals surface area contributed by atoms with Crippen molar-refractivity contribution in [2.24, 2.45) is 5.92 Å². The molecule has 0 aliphatic heterocycles. The molecule has 0 aromatic heterocycles. The van der Waals surface area contributed by atoms with Crippen molar-refractivity contribution < 1.29 is 33.1 Å². The molecule has 0 aliphatic carbocycles. The van der Waals surface area contributed by atoms with Crippen molar-refractivity contribution >= 4 is 13.7 Å². The summed E-state index contributed by atoms with van der Waals surface area (Å²) in [4.78, 5) is 29.8. The Morgan fingerprint density at radius 3 is 2.41 bits per heavy atom. The molecular weight excluding hydrogens is 457 g/mol. The fourth-order valence-corrected chi connectivity index (χ4v) is 3.49. The van der Waals surface area contributed by atoms with Gasteiger partial charge in [-0.15, -0.1) is 0 Å². The molecular formula is C25H34NO7P. The van der Waals surface area contributed by atoms with E-state index in [1.165, 1.54) is 12.1 Å². The van der Waals surface area contributed by atoms with E-state index in [2.05, 4.69) is 35.8 Å². The van der Waals surface area contributed by atoms with E-state index in [0.717, 1.165) is 30.4 Å². The van der Waals surface area contributed by atoms with Crippen molar-refractivity contribution in [2.75, 3.05) is 7.11 Å². The molecule has 0 bridgehead atoms. The predicted octanol–water partition coefficient (Wildman–Crippen LogP) is 5.13. The molecule has 1 amide bonds. The summed E-state index contributed by atoms with van der Waals surface area (Å²) in [5, 5.41) is 2.94. The minimum atomic E-state index is -4.58. The maximum absolute atomic E-state index is 12.1. The van der Waals surface area contributed by atoms with Crippen LogP contribution in [0, 0.1) is 5.92 Å². The Bertz CT molecular complexity index is 983. The fourth-order valence-electron chi connectivity index (χ4n) is 3.09. The number of rotatable bonds is 14. The number of methoxy groups -OCH3 is 1. The Hall–Kier alpha value is -2.80. The molecule has 2 aromatic rings. The van der Waals surface area contributed by atoms with Crippen molar-refractivity contribution in [2.45, 2.75) is 52.7 Å². The van der Waals surface area contributed by atoms with Gasteiger partial charge in [-0.3, -0.25) is 14.6 Å². The number of carbonyl (C=O) groups is 1. The highest BCUT2D eigenvalue weighted by molar-refractivity contribution is 7.46. The molecule has 2 rings (SSSR count). The van der Waals surface area contributed by atoms with Crippen LogP contribution in [-0.2, 0) is 22.5 Å². The molecule has 8 nitrogen and oxygen atoms in total. The standard InChI is InChI=1S/C25H34NO7P/c1-19(2)8-6-4-5-7-9-25(27)26-17-21-12-15-23(24(16-21)31-3)32-18-20-10-13-22(14-11-20)33-34(28,29)30/h6,8,10-16,19H,4-5,7,9,17-18H2,1-3H3,(H,26,27)(H2,28,29,30)/b8-6+. The smallest absolute Gasteiger partial charge is 0.493 e. The van der Waals surface area contributed by atoms with E-state index >= 15 is 0 Å². The van der Waals surface area contributed by atoms with Gasteiger partial charge in [0.2, 0.25) is 5.91 Å². The van der Waals surface area contributed by atoms with Gasteiger partial charge in [-0.05, 0) is 60.6 Å². The molecule has 2 aromatic carbocycles. The van der Waals surface area contributed by atoms with E-state index in [-0.39, 0.29) is 18.3 Å². The fraction of sp³-hybridized carbons (Fsp3) is 0.400. The van der Waals surface area contributed by atoms with Crippen molar-refractivity contribution in [3.63, 3.8) is 0 Å². The van der Waals surface area contributed by atoms with Crippen LogP contribution in [0.2, 0.25) is 0 Å². The molecule has 0 radical (unpaired) electrons. The zero-order valence-corrected chi connectivity index (χ0v) is 20.8. The van der Waals surface area contributed by atoms with E-state index < -0.39 is 7.82 Å². The molecule has 186 valence electrons. The van der Waals surface area contributed by atoms with Crippen LogP contribution < -0.4 is 19.3 Å². The molecule has 0 unspecified atom stereocenters. The Morgan fingerprint density at radius 1 is 1.06 bits per heavy atom. The Labute approximate surface area is 201 Å². The molecule has 34 heavy (non-hydrogen) atoms. The van der Waals surface area contributed by atoms with Crippen LogP contribution in [0.1, 0.15) is 50.7 Å². The molecule has 3 N–H and O–H groups in total. The van der Waals surface area contributed by atoms with Gasteiger partial charge in [0.15, 0.2) is 11.5 Å². The third-order valence-electron chi connectivity index (χ3n) is 4.81. The van der Waals surface area contributed by atoms with Gasteiger partial charge in [0.25, 0.3) is 0 Å². The van der Waals surface area contributed by atoms with Gasteiger partial charge in [0, 0.05) is 13.0 Å². The molecule has 0 atom stereocenters. The average Bonchev–Trinajstić information content (AvgIpc) is 2.78. The third kappa shape index (κ3) is 10.9. The molecule has 0 spiro atoms. The Kier molecular flexibility index (Phi) is 11.1. The molecule has 0 saturated carbocycles. The van der Waals surface area contributed by atoms with Crippen molar-refractivity contribution in [1.29, 1.82) is 0 Å². The van der Waals surface area contributed by atoms with Gasteiger partial charge in [-0.2, -0.15) is 0 Å². The number of carbonyl (C=O) groups excluding carboxylic acids is 1. The number of amides is 1. The zero-order chi connectivity index (χ0) is 25.0. The largest absolute Gasteiger partial charge is 0.524 e. The highest BCUT2D eigenvalue weighted by Crippen LogP contribution is 2.37. The monoisotopic (exact) mass is 491 g/mol. The summed E-state index contributed by atoms with van der Waals surface area (Å²) in [6.07, 6.45) is 7.71. The highest BCUT2D eigenvalue weighted by atomic mass is 31.2. The second-order valence-electron chi connectivity index (χ2n) is 8.19. The van der Waals surface area contributed by atoms with Gasteiger partial charge < -0.3 is 19.3 Å². The summed E-state index contributed by atoms with van der Waals surface area (Å²) >= 11 is 0. The summed E-state index contributed by atoms with van der Waals surface area (Å²) in [5.74, 6) is 1.75. The van der Waals surface area contributed by atoms with Crippen molar-refractivity contribution in [3.05, 3.63) is 65.7 Å². The van der Waals surface area contributed by atoms with Crippen LogP contribution >= 0.6 is 7.82 Å². The maximum Gasteiger partial charge on any atom is 0.524 e. The van der Waals surface area contributed by atoms with Crippen LogP contribution in [-0.4, -0.2) is 22.8 Å². The van der Waals surface area contributed by atoms with Crippen LogP contribution in [0.5, 0.6) is 17.2 Å². The molecule has 0 aliphatic rings. The van der Waals surface area contributed by atoms with Crippen LogP contribution in [0.25, 0.3) is 0 Å². The summed E-state index contributed by atoms with van der Waals surface area (Å²) in [6, 6.07) is 11.7. The van der Waals surface area contributed by atoms with Gasteiger partial charge in [-0.25, -0.2) is 4.57 Å². The predicted molar refractivity (Wildman–Crippen MR) is 131 cm³/mol. The molecule has 0 saturated heterocycles. The van der Waals surface area contributed by atoms with Crippen LogP contribution in [0.4, 0.5) is 0 Å². The SMILES string of the molecule is COc1cc(CNC(=O)CCCC/C=C/C(C)C)ccc1OCc1ccc(OP(=O)(O)O)cc1. The first-order chi connectivity index (χ1) is 16.2. The van der Waals surface area contributed by atoms with E-state index in [0.29, 0.717) is 30.4 Å². The van der Waals surface area contributed by atoms with E-state index in [4.69, 9.17) is 19.3 Å². The van der Waals surface area contributed by atoms with E-state index in [1.807, 2.05) is 12.1 Å². The molecule has 0 fully saturated rings. The second-order valence-corrected chi connectivity index (χ2v) is 9.36. The molecule has 9 heteroatoms. The number of hydrogen-bond acceptors (Lipinski definition) is 5. The first kappa shape index (κ1) is 27.4. The van der Waals surface area contributed by atoms with Gasteiger partial charge in [-0.1, -0.05) is 44.2 Å². The Balaban J connectivity index is 1.80. The number of phosphoric ester groups is 1. The number of nitrogens with one attached hydrogen (secondary N) is 1. The maximum atomic E-state index is 12.1. The number of unbranched alkanes of at least 4 members (excludes halogenated alkanes) is 2. The lowest BCUT2D eigenvalue weighted by molar-refractivity contribution is -0.121. The highest BCUT2D eigenvalue weighted by Gasteiger charge is 2.15. The number of ether oxygens (including phenoxy) is 2. The van der Waals surface area contributed by atoms with Gasteiger partial charge >= 0.3 is 7.82 Å². The van der Waals surface area contributed by atoms with Crippen molar-refractivity contribution in [3.8, 4) is 17.2 Å². The quantitative estimate of drug-likeness (QED) is 0.191. The number of phosphoric acid groups is 1. The van der Waals surface area contributed by atoms with E-state index in [9.17, 15) is 9.36 Å². The first-order valence-electron chi connectivity index (χ1n) is 11.2. The minimum Gasteiger partial charge on any atom is -0.493 e. The first-order valence-corrected chi connectivity index (χ1v) is 12.8. The van der Waals surface area contributed by atoms with Gasteiger partial charge in [0.1, 0.15) is 12.4 Å². The summed E-state index contributed by atoms with van der Waals surface area (Å²) in [7, 11) is -3.04. The normalized spacial score (nSPS) is 11.6. The molecule has 0 heterocycles. The number of benzene rings is 2. The second kappa shape index (κ2) is 13.8. The topological polar surface area (TPSA) is 114 Å². The number of hydrogen-bond donors (Lipinski definition) is 3. The third-order valence-corrected chi connectivity index (χ3v) is 5.25.